The van der Waals surface area contributed by atoms with Crippen LogP contribution in [0.15, 0.2) is 5.16 Å². The zero-order valence-electron chi connectivity index (χ0n) is 10.7. The van der Waals surface area contributed by atoms with Gasteiger partial charge in [-0.2, -0.15) is 0 Å². The van der Waals surface area contributed by atoms with Crippen LogP contribution in [0.3, 0.4) is 0 Å². The number of hydrogen-bond donors (Lipinski definition) is 2. The van der Waals surface area contributed by atoms with Crippen molar-refractivity contribution in [3.05, 3.63) is 0 Å². The number of aliphatic hydroxyl groups is 1. The van der Waals surface area contributed by atoms with Gasteiger partial charge in [-0.15, -0.1) is 5.10 Å². The van der Waals surface area contributed by atoms with Crippen molar-refractivity contribution in [1.29, 1.82) is 0 Å². The smallest absolute Gasteiger partial charge is 0.233 e. The van der Waals surface area contributed by atoms with Gasteiger partial charge >= 0.3 is 0 Å². The fourth-order valence-corrected chi connectivity index (χ4v) is 2.10. The highest BCUT2D eigenvalue weighted by molar-refractivity contribution is 8.00. The van der Waals surface area contributed by atoms with E-state index in [1.165, 1.54) is 16.4 Å². The molecule has 2 N–H and O–H groups in total. The second-order valence-corrected chi connectivity index (χ2v) is 5.12. The Bertz CT molecular complexity index is 371. The number of carbonyl (C=O) groups is 1. The molecule has 0 saturated carbocycles. The first kappa shape index (κ1) is 14.9. The van der Waals surface area contributed by atoms with Crippen LogP contribution in [0.5, 0.6) is 0 Å². The number of tetrazole rings is 1. The summed E-state index contributed by atoms with van der Waals surface area (Å²) in [5, 5.41) is 23.1. The number of amides is 1. The molecule has 1 heterocycles. The van der Waals surface area contributed by atoms with Gasteiger partial charge in [0.15, 0.2) is 0 Å². The van der Waals surface area contributed by atoms with E-state index in [9.17, 15) is 4.79 Å². The largest absolute Gasteiger partial charge is 0.394 e. The molecule has 0 aliphatic heterocycles. The summed E-state index contributed by atoms with van der Waals surface area (Å²) < 4.78 is 1.49. The molecule has 0 fully saturated rings. The second kappa shape index (κ2) is 8.04. The molecule has 0 spiro atoms. The lowest BCUT2D eigenvalue weighted by Crippen LogP contribution is -2.31. The summed E-state index contributed by atoms with van der Waals surface area (Å²) in [5.74, 6) is -0.0213. The van der Waals surface area contributed by atoms with E-state index in [1.807, 2.05) is 6.92 Å². The van der Waals surface area contributed by atoms with Gasteiger partial charge in [0, 0.05) is 6.54 Å². The Morgan fingerprint density at radius 2 is 2.39 bits per heavy atom. The molecule has 0 bridgehead atoms. The lowest BCUT2D eigenvalue weighted by molar-refractivity contribution is -0.120. The normalized spacial score (nSPS) is 12.4. The molecule has 0 aliphatic rings. The van der Waals surface area contributed by atoms with Crippen molar-refractivity contribution in [2.75, 3.05) is 13.2 Å². The van der Waals surface area contributed by atoms with E-state index in [4.69, 9.17) is 5.11 Å². The minimum absolute atomic E-state index is 0.0213. The van der Waals surface area contributed by atoms with Crippen molar-refractivity contribution in [3.8, 4) is 0 Å². The van der Waals surface area contributed by atoms with E-state index in [2.05, 4.69) is 27.8 Å². The van der Waals surface area contributed by atoms with Crippen LogP contribution in [0, 0.1) is 0 Å². The molecule has 8 heteroatoms. The van der Waals surface area contributed by atoms with E-state index >= 15 is 0 Å². The van der Waals surface area contributed by atoms with Crippen molar-refractivity contribution in [3.63, 3.8) is 0 Å². The molecule has 1 aromatic heterocycles. The maximum Gasteiger partial charge on any atom is 0.233 e. The Morgan fingerprint density at radius 1 is 1.61 bits per heavy atom. The SMILES string of the molecule is CCCCNC(=O)C(C)Sc1nnnn1CCO. The molecule has 0 saturated heterocycles. The monoisotopic (exact) mass is 273 g/mol. The number of rotatable bonds is 8. The van der Waals surface area contributed by atoms with E-state index in [-0.39, 0.29) is 17.8 Å². The highest BCUT2D eigenvalue weighted by Gasteiger charge is 2.17. The fraction of sp³-hybridized carbons (Fsp3) is 0.800. The minimum Gasteiger partial charge on any atom is -0.394 e. The van der Waals surface area contributed by atoms with Crippen molar-refractivity contribution < 1.29 is 9.90 Å². The molecular weight excluding hydrogens is 254 g/mol. The van der Waals surface area contributed by atoms with Gasteiger partial charge in [-0.05, 0) is 23.8 Å². The van der Waals surface area contributed by atoms with Crippen LogP contribution in [0.1, 0.15) is 26.7 Å². The molecule has 1 aromatic rings. The highest BCUT2D eigenvalue weighted by atomic mass is 32.2. The van der Waals surface area contributed by atoms with Crippen LogP contribution >= 0.6 is 11.8 Å². The second-order valence-electron chi connectivity index (χ2n) is 3.81. The lowest BCUT2D eigenvalue weighted by atomic mass is 10.3. The Morgan fingerprint density at radius 3 is 3.06 bits per heavy atom. The van der Waals surface area contributed by atoms with Crippen LogP contribution in [-0.4, -0.2) is 49.6 Å². The lowest BCUT2D eigenvalue weighted by Gasteiger charge is -2.10. The zero-order valence-corrected chi connectivity index (χ0v) is 11.5. The predicted octanol–water partition coefficient (Wildman–Crippen LogP) is 0.0623. The van der Waals surface area contributed by atoms with Crippen LogP contribution in [-0.2, 0) is 11.3 Å². The average Bonchev–Trinajstić information content (AvgIpc) is 2.77. The van der Waals surface area contributed by atoms with Crippen molar-refractivity contribution in [2.45, 2.75) is 43.6 Å². The zero-order chi connectivity index (χ0) is 13.4. The number of hydrogen-bond acceptors (Lipinski definition) is 6. The Labute approximate surface area is 110 Å². The van der Waals surface area contributed by atoms with Gasteiger partial charge in [-0.3, -0.25) is 4.79 Å². The van der Waals surface area contributed by atoms with Gasteiger partial charge in [-0.1, -0.05) is 25.1 Å². The average molecular weight is 273 g/mol. The van der Waals surface area contributed by atoms with Crippen molar-refractivity contribution in [2.24, 2.45) is 0 Å². The summed E-state index contributed by atoms with van der Waals surface area (Å²) in [6.07, 6.45) is 2.03. The molecule has 0 aliphatic carbocycles. The number of nitrogens with one attached hydrogen (secondary N) is 1. The first-order valence-electron chi connectivity index (χ1n) is 6.00. The summed E-state index contributed by atoms with van der Waals surface area (Å²) in [7, 11) is 0. The molecule has 1 rings (SSSR count). The Kier molecular flexibility index (Phi) is 6.66. The number of thioether (sulfide) groups is 1. The molecule has 7 nitrogen and oxygen atoms in total. The van der Waals surface area contributed by atoms with E-state index < -0.39 is 0 Å². The third-order valence-electron chi connectivity index (χ3n) is 2.29. The standard InChI is InChI=1S/C10H19N5O2S/c1-3-4-5-11-9(17)8(2)18-10-12-13-14-15(10)6-7-16/h8,16H,3-7H2,1-2H3,(H,11,17). The van der Waals surface area contributed by atoms with Gasteiger partial charge in [0.05, 0.1) is 18.4 Å². The van der Waals surface area contributed by atoms with Crippen LogP contribution < -0.4 is 5.32 Å². The van der Waals surface area contributed by atoms with Crippen LogP contribution in [0.2, 0.25) is 0 Å². The summed E-state index contributed by atoms with van der Waals surface area (Å²) >= 11 is 1.29. The number of nitrogens with zero attached hydrogens (tertiary/aromatic N) is 4. The quantitative estimate of drug-likeness (QED) is 0.514. The third-order valence-corrected chi connectivity index (χ3v) is 3.36. The molecular formula is C10H19N5O2S. The summed E-state index contributed by atoms with van der Waals surface area (Å²) in [5.41, 5.74) is 0. The van der Waals surface area contributed by atoms with E-state index in [0.29, 0.717) is 18.2 Å². The van der Waals surface area contributed by atoms with Gasteiger partial charge in [0.2, 0.25) is 11.1 Å². The maximum absolute atomic E-state index is 11.8. The Hall–Kier alpha value is -1.15. The van der Waals surface area contributed by atoms with Gasteiger partial charge in [0.25, 0.3) is 0 Å². The Balaban J connectivity index is 2.45. The number of unbranched alkanes of at least 4 members (excludes halogenated alkanes) is 1. The minimum atomic E-state index is -0.259. The van der Waals surface area contributed by atoms with Gasteiger partial charge < -0.3 is 10.4 Å². The maximum atomic E-state index is 11.8. The number of carbonyl (C=O) groups excluding carboxylic acids is 1. The van der Waals surface area contributed by atoms with E-state index in [1.54, 1.807) is 0 Å². The van der Waals surface area contributed by atoms with Crippen molar-refractivity contribution >= 4 is 17.7 Å². The van der Waals surface area contributed by atoms with Gasteiger partial charge in [0.1, 0.15) is 0 Å². The highest BCUT2D eigenvalue weighted by Crippen LogP contribution is 2.19. The number of aromatic nitrogens is 4. The molecule has 0 radical (unpaired) electrons. The van der Waals surface area contributed by atoms with Gasteiger partial charge in [-0.25, -0.2) is 4.68 Å². The predicted molar refractivity (Wildman–Crippen MR) is 68.1 cm³/mol. The topological polar surface area (TPSA) is 92.9 Å². The molecule has 0 aromatic carbocycles. The molecule has 102 valence electrons. The molecule has 1 unspecified atom stereocenters. The van der Waals surface area contributed by atoms with Crippen molar-refractivity contribution in [1.82, 2.24) is 25.5 Å². The molecule has 1 atom stereocenters. The third kappa shape index (κ3) is 4.61. The summed E-state index contributed by atoms with van der Waals surface area (Å²) in [6.45, 7) is 4.88. The van der Waals surface area contributed by atoms with Crippen LogP contribution in [0.4, 0.5) is 0 Å². The summed E-state index contributed by atoms with van der Waals surface area (Å²) in [6, 6.07) is 0. The summed E-state index contributed by atoms with van der Waals surface area (Å²) in [4.78, 5) is 11.8. The molecule has 18 heavy (non-hydrogen) atoms. The first-order valence-corrected chi connectivity index (χ1v) is 6.88. The fourth-order valence-electron chi connectivity index (χ4n) is 1.26. The number of aliphatic hydroxyl groups excluding tert-OH is 1. The first-order chi connectivity index (χ1) is 8.69. The van der Waals surface area contributed by atoms with Crippen LogP contribution in [0.25, 0.3) is 0 Å². The molecule has 1 amide bonds. The van der Waals surface area contributed by atoms with E-state index in [0.717, 1.165) is 12.8 Å².